The molecule has 2 fully saturated rings. The molecule has 1 unspecified atom stereocenters. The molecule has 8 heteroatoms. The van der Waals surface area contributed by atoms with Crippen molar-refractivity contribution in [2.24, 2.45) is 0 Å². The van der Waals surface area contributed by atoms with Gasteiger partial charge in [0.15, 0.2) is 5.69 Å². The number of rotatable bonds is 2. The topological polar surface area (TPSA) is 69.5 Å². The molecule has 0 saturated carbocycles. The van der Waals surface area contributed by atoms with E-state index in [-0.39, 0.29) is 5.91 Å². The number of hydrogen-bond acceptors (Lipinski definition) is 5. The third-order valence-electron chi connectivity index (χ3n) is 4.67. The molecule has 2 aliphatic heterocycles. The molecule has 3 heterocycles. The van der Waals surface area contributed by atoms with Gasteiger partial charge < -0.3 is 14.4 Å². The molecule has 0 aliphatic carbocycles. The van der Waals surface area contributed by atoms with Gasteiger partial charge in [-0.1, -0.05) is 11.6 Å². The molecule has 1 atom stereocenters. The van der Waals surface area contributed by atoms with Crippen LogP contribution in [0, 0.1) is 0 Å². The number of aromatic nitrogens is 3. The molecule has 2 aromatic rings. The summed E-state index contributed by atoms with van der Waals surface area (Å²) in [5, 5.41) is 9.20. The monoisotopic (exact) mass is 376 g/mol. The van der Waals surface area contributed by atoms with E-state index >= 15 is 0 Å². The normalized spacial score (nSPS) is 25.0. The number of carbonyl (C=O) groups is 1. The molecule has 1 aromatic carbocycles. The summed E-state index contributed by atoms with van der Waals surface area (Å²) in [6.07, 6.45) is 2.29. The van der Waals surface area contributed by atoms with Crippen LogP contribution in [0.4, 0.5) is 0 Å². The maximum atomic E-state index is 13.0. The molecule has 1 spiro atoms. The van der Waals surface area contributed by atoms with Crippen LogP contribution in [0.3, 0.4) is 0 Å². The second-order valence-electron chi connectivity index (χ2n) is 7.50. The zero-order chi connectivity index (χ0) is 18.4. The van der Waals surface area contributed by atoms with Gasteiger partial charge in [-0.05, 0) is 38.1 Å². The van der Waals surface area contributed by atoms with Crippen LogP contribution in [-0.2, 0) is 9.47 Å². The number of amides is 1. The van der Waals surface area contributed by atoms with Crippen molar-refractivity contribution in [3.8, 4) is 5.69 Å². The number of hydrogen-bond donors (Lipinski definition) is 0. The lowest BCUT2D eigenvalue weighted by molar-refractivity contribution is -0.186. The second kappa shape index (κ2) is 6.33. The number of halogens is 1. The van der Waals surface area contributed by atoms with Crippen LogP contribution in [-0.4, -0.2) is 63.3 Å². The van der Waals surface area contributed by atoms with E-state index in [4.69, 9.17) is 21.1 Å². The third kappa shape index (κ3) is 3.34. The van der Waals surface area contributed by atoms with Crippen LogP contribution >= 0.6 is 11.6 Å². The van der Waals surface area contributed by atoms with Gasteiger partial charge in [-0.15, -0.1) is 5.10 Å². The highest BCUT2D eigenvalue weighted by Crippen LogP contribution is 2.35. The van der Waals surface area contributed by atoms with Crippen molar-refractivity contribution >= 4 is 17.5 Å². The number of benzene rings is 1. The maximum absolute atomic E-state index is 13.0. The van der Waals surface area contributed by atoms with Gasteiger partial charge in [0.1, 0.15) is 5.60 Å². The summed E-state index contributed by atoms with van der Waals surface area (Å²) in [7, 11) is 0. The zero-order valence-corrected chi connectivity index (χ0v) is 15.6. The minimum Gasteiger partial charge on any atom is -0.378 e. The van der Waals surface area contributed by atoms with Gasteiger partial charge in [0.2, 0.25) is 0 Å². The Bertz CT molecular complexity index is 812. The average molecular weight is 377 g/mol. The lowest BCUT2D eigenvalue weighted by atomic mass is 9.94. The van der Waals surface area contributed by atoms with E-state index < -0.39 is 11.2 Å². The Morgan fingerprint density at radius 2 is 2.00 bits per heavy atom. The third-order valence-corrected chi connectivity index (χ3v) is 4.92. The van der Waals surface area contributed by atoms with Crippen LogP contribution < -0.4 is 0 Å². The van der Waals surface area contributed by atoms with Crippen molar-refractivity contribution in [2.75, 3.05) is 26.3 Å². The fraction of sp³-hybridized carbons (Fsp3) is 0.500. The quantitative estimate of drug-likeness (QED) is 0.804. The van der Waals surface area contributed by atoms with Crippen LogP contribution in [0.15, 0.2) is 30.5 Å². The van der Waals surface area contributed by atoms with Crippen molar-refractivity contribution < 1.29 is 14.3 Å². The maximum Gasteiger partial charge on any atom is 0.276 e. The predicted molar refractivity (Wildman–Crippen MR) is 95.6 cm³/mol. The first-order valence-electron chi connectivity index (χ1n) is 8.61. The van der Waals surface area contributed by atoms with Crippen molar-refractivity contribution in [1.29, 1.82) is 0 Å². The van der Waals surface area contributed by atoms with Gasteiger partial charge in [-0.3, -0.25) is 4.79 Å². The Balaban J connectivity index is 1.56. The molecule has 4 rings (SSSR count). The molecule has 1 amide bonds. The largest absolute Gasteiger partial charge is 0.378 e. The molecular formula is C18H21ClN4O3. The van der Waals surface area contributed by atoms with Crippen LogP contribution in [0.2, 0.25) is 5.02 Å². The predicted octanol–water partition coefficient (Wildman–Crippen LogP) is 2.33. The molecule has 26 heavy (non-hydrogen) atoms. The lowest BCUT2D eigenvalue weighted by Gasteiger charge is -2.47. The summed E-state index contributed by atoms with van der Waals surface area (Å²) in [5.41, 5.74) is 0.195. The molecule has 0 N–H and O–H groups in total. The minimum absolute atomic E-state index is 0.145. The molecule has 2 aliphatic rings. The highest BCUT2D eigenvalue weighted by Gasteiger charge is 2.48. The van der Waals surface area contributed by atoms with E-state index in [1.54, 1.807) is 29.2 Å². The highest BCUT2D eigenvalue weighted by molar-refractivity contribution is 6.30. The Kier molecular flexibility index (Phi) is 4.25. The smallest absolute Gasteiger partial charge is 0.276 e. The van der Waals surface area contributed by atoms with Gasteiger partial charge >= 0.3 is 0 Å². The first-order chi connectivity index (χ1) is 12.4. The number of morpholine rings is 1. The van der Waals surface area contributed by atoms with Crippen molar-refractivity contribution in [1.82, 2.24) is 19.9 Å². The van der Waals surface area contributed by atoms with Crippen LogP contribution in [0.5, 0.6) is 0 Å². The second-order valence-corrected chi connectivity index (χ2v) is 7.94. The Morgan fingerprint density at radius 1 is 1.23 bits per heavy atom. The minimum atomic E-state index is -0.437. The van der Waals surface area contributed by atoms with E-state index in [2.05, 4.69) is 10.2 Å². The molecular weight excluding hydrogens is 356 g/mol. The molecule has 0 bridgehead atoms. The van der Waals surface area contributed by atoms with Gasteiger partial charge in [0.05, 0.1) is 30.6 Å². The SMILES string of the molecule is CC1(C)CN(C(=O)c2cnn(-c3ccc(Cl)cc3)n2)CC2(CCOC2)O1. The van der Waals surface area contributed by atoms with Crippen LogP contribution in [0.1, 0.15) is 30.8 Å². The van der Waals surface area contributed by atoms with Crippen molar-refractivity contribution in [3.05, 3.63) is 41.2 Å². The standard InChI is InChI=1S/C18H21ClN4O3/c1-17(2)10-22(11-18(26-17)7-8-25-12-18)16(24)15-9-20-23(21-15)14-5-3-13(19)4-6-14/h3-6,9H,7-8,10-12H2,1-2H3. The lowest BCUT2D eigenvalue weighted by Crippen LogP contribution is -2.61. The molecule has 7 nitrogen and oxygen atoms in total. The molecule has 1 aromatic heterocycles. The Hall–Kier alpha value is -1.96. The first-order valence-corrected chi connectivity index (χ1v) is 8.99. The van der Waals surface area contributed by atoms with Crippen LogP contribution in [0.25, 0.3) is 5.69 Å². The fourth-order valence-corrected chi connectivity index (χ4v) is 3.80. The van der Waals surface area contributed by atoms with Gasteiger partial charge in [-0.2, -0.15) is 9.90 Å². The summed E-state index contributed by atoms with van der Waals surface area (Å²) >= 11 is 5.91. The van der Waals surface area contributed by atoms with E-state index in [9.17, 15) is 4.79 Å². The summed E-state index contributed by atoms with van der Waals surface area (Å²) in [5.74, 6) is -0.145. The summed E-state index contributed by atoms with van der Waals surface area (Å²) in [6.45, 7) is 6.17. The Morgan fingerprint density at radius 3 is 2.69 bits per heavy atom. The van der Waals surface area contributed by atoms with E-state index in [1.807, 2.05) is 13.8 Å². The van der Waals surface area contributed by atoms with E-state index in [0.29, 0.717) is 37.0 Å². The molecule has 138 valence electrons. The summed E-state index contributed by atoms with van der Waals surface area (Å²) < 4.78 is 11.8. The van der Waals surface area contributed by atoms with Crippen molar-refractivity contribution in [2.45, 2.75) is 31.5 Å². The van der Waals surface area contributed by atoms with Crippen molar-refractivity contribution in [3.63, 3.8) is 0 Å². The zero-order valence-electron chi connectivity index (χ0n) is 14.8. The average Bonchev–Trinajstić information content (AvgIpc) is 3.23. The summed E-state index contributed by atoms with van der Waals surface area (Å²) in [4.78, 5) is 16.3. The van der Waals surface area contributed by atoms with Gasteiger partial charge in [0.25, 0.3) is 5.91 Å². The Labute approximate surface area is 156 Å². The number of ether oxygens (including phenoxy) is 2. The number of nitrogens with zero attached hydrogens (tertiary/aromatic N) is 4. The highest BCUT2D eigenvalue weighted by atomic mass is 35.5. The molecule has 2 saturated heterocycles. The molecule has 0 radical (unpaired) electrons. The first kappa shape index (κ1) is 17.5. The van der Waals surface area contributed by atoms with E-state index in [0.717, 1.165) is 12.1 Å². The van der Waals surface area contributed by atoms with Gasteiger partial charge in [0, 0.05) is 24.6 Å². The fourth-order valence-electron chi connectivity index (χ4n) is 3.67. The van der Waals surface area contributed by atoms with Gasteiger partial charge in [-0.25, -0.2) is 0 Å². The van der Waals surface area contributed by atoms with E-state index in [1.165, 1.54) is 11.0 Å². The summed E-state index contributed by atoms with van der Waals surface area (Å²) in [6, 6.07) is 7.13. The number of carbonyl (C=O) groups excluding carboxylic acids is 1.